The summed E-state index contributed by atoms with van der Waals surface area (Å²) in [5, 5.41) is 3.36. The fourth-order valence-electron chi connectivity index (χ4n) is 2.21. The Morgan fingerprint density at radius 2 is 2.14 bits per heavy atom. The summed E-state index contributed by atoms with van der Waals surface area (Å²) in [6.45, 7) is 2.84. The van der Waals surface area contributed by atoms with E-state index in [9.17, 15) is 4.39 Å². The normalized spacial score (nSPS) is 12.2. The van der Waals surface area contributed by atoms with Gasteiger partial charge in [0.1, 0.15) is 5.82 Å². The number of halogens is 2. The first-order valence-corrected chi connectivity index (χ1v) is 7.64. The molecular weight excluding hydrogens is 335 g/mol. The molecule has 112 valence electrons. The number of hydrogen-bond donors (Lipinski definition) is 1. The summed E-state index contributed by atoms with van der Waals surface area (Å²) >= 11 is 3.40. The second kappa shape index (κ2) is 7.52. The third kappa shape index (κ3) is 3.80. The highest BCUT2D eigenvalue weighted by Crippen LogP contribution is 2.31. The summed E-state index contributed by atoms with van der Waals surface area (Å²) in [5.74, 6) is 0.253. The van der Waals surface area contributed by atoms with E-state index in [1.54, 1.807) is 25.4 Å². The van der Waals surface area contributed by atoms with Crippen LogP contribution in [0.15, 0.2) is 41.0 Å². The van der Waals surface area contributed by atoms with Crippen molar-refractivity contribution < 1.29 is 9.13 Å². The minimum atomic E-state index is -0.300. The van der Waals surface area contributed by atoms with Crippen LogP contribution in [0.25, 0.3) is 0 Å². The van der Waals surface area contributed by atoms with Gasteiger partial charge < -0.3 is 10.1 Å². The van der Waals surface area contributed by atoms with Crippen LogP contribution in [-0.2, 0) is 0 Å². The molecule has 0 radical (unpaired) electrons. The van der Waals surface area contributed by atoms with Crippen LogP contribution in [-0.4, -0.2) is 18.6 Å². The quantitative estimate of drug-likeness (QED) is 0.850. The molecule has 1 heterocycles. The van der Waals surface area contributed by atoms with Crippen LogP contribution in [0.1, 0.15) is 30.5 Å². The molecule has 0 saturated heterocycles. The number of nitrogens with zero attached hydrogens (tertiary/aromatic N) is 1. The van der Waals surface area contributed by atoms with Gasteiger partial charge in [0.15, 0.2) is 0 Å². The fraction of sp³-hybridized carbons (Fsp3) is 0.312. The third-order valence-electron chi connectivity index (χ3n) is 3.17. The van der Waals surface area contributed by atoms with E-state index < -0.39 is 0 Å². The van der Waals surface area contributed by atoms with Gasteiger partial charge in [-0.15, -0.1) is 0 Å². The van der Waals surface area contributed by atoms with Gasteiger partial charge in [-0.1, -0.05) is 28.9 Å². The maximum absolute atomic E-state index is 14.2. The molecule has 0 saturated carbocycles. The zero-order chi connectivity index (χ0) is 15.2. The summed E-state index contributed by atoms with van der Waals surface area (Å²) in [4.78, 5) is 4.21. The van der Waals surface area contributed by atoms with Crippen molar-refractivity contribution in [2.24, 2.45) is 0 Å². The number of hydrogen-bond acceptors (Lipinski definition) is 3. The molecule has 5 heteroatoms. The zero-order valence-corrected chi connectivity index (χ0v) is 13.7. The molecule has 1 aromatic carbocycles. The van der Waals surface area contributed by atoms with Crippen molar-refractivity contribution >= 4 is 15.9 Å². The molecule has 0 fully saturated rings. The first-order valence-electron chi connectivity index (χ1n) is 6.84. The average Bonchev–Trinajstić information content (AvgIpc) is 2.51. The van der Waals surface area contributed by atoms with Gasteiger partial charge in [-0.05, 0) is 37.2 Å². The van der Waals surface area contributed by atoms with E-state index in [0.29, 0.717) is 11.4 Å². The Bertz CT molecular complexity index is 607. The average molecular weight is 353 g/mol. The van der Waals surface area contributed by atoms with Gasteiger partial charge in [-0.25, -0.2) is 9.37 Å². The van der Waals surface area contributed by atoms with Gasteiger partial charge in [-0.3, -0.25) is 0 Å². The molecule has 0 bridgehead atoms. The van der Waals surface area contributed by atoms with Crippen molar-refractivity contribution in [3.05, 3.63) is 57.9 Å². The molecule has 21 heavy (non-hydrogen) atoms. The monoisotopic (exact) mass is 352 g/mol. The molecule has 2 aromatic rings. The lowest BCUT2D eigenvalue weighted by Gasteiger charge is -2.21. The Morgan fingerprint density at radius 1 is 1.33 bits per heavy atom. The van der Waals surface area contributed by atoms with Crippen LogP contribution in [0.3, 0.4) is 0 Å². The minimum absolute atomic E-state index is 0.252. The molecule has 0 aliphatic heterocycles. The van der Waals surface area contributed by atoms with Crippen LogP contribution < -0.4 is 10.1 Å². The third-order valence-corrected chi connectivity index (χ3v) is 3.67. The molecule has 1 aromatic heterocycles. The molecule has 1 N–H and O–H groups in total. The Labute approximate surface area is 132 Å². The molecule has 0 spiro atoms. The highest BCUT2D eigenvalue weighted by molar-refractivity contribution is 9.10. The number of aromatic nitrogens is 1. The van der Waals surface area contributed by atoms with Gasteiger partial charge in [0.2, 0.25) is 5.88 Å². The van der Waals surface area contributed by atoms with Gasteiger partial charge >= 0.3 is 0 Å². The minimum Gasteiger partial charge on any atom is -0.481 e. The fourth-order valence-corrected chi connectivity index (χ4v) is 2.58. The van der Waals surface area contributed by atoms with Gasteiger partial charge in [0, 0.05) is 21.8 Å². The number of rotatable bonds is 6. The number of ether oxygens (including phenoxy) is 1. The number of benzene rings is 1. The standard InChI is InChI=1S/C16H18BrFN2O/c1-3-8-19-15(12-5-4-9-20-16(12)21-2)13-10-11(17)6-7-14(13)18/h4-7,9-10,15,19H,3,8H2,1-2H3. The zero-order valence-electron chi connectivity index (χ0n) is 12.1. The van der Waals surface area contributed by atoms with Crippen LogP contribution in [0.5, 0.6) is 5.88 Å². The van der Waals surface area contributed by atoms with Crippen molar-refractivity contribution in [1.29, 1.82) is 0 Å². The van der Waals surface area contributed by atoms with E-state index in [4.69, 9.17) is 4.74 Å². The lowest BCUT2D eigenvalue weighted by molar-refractivity contribution is 0.386. The van der Waals surface area contributed by atoms with E-state index >= 15 is 0 Å². The topological polar surface area (TPSA) is 34.2 Å². The summed E-state index contributed by atoms with van der Waals surface area (Å²) < 4.78 is 20.4. The first kappa shape index (κ1) is 15.9. The predicted molar refractivity (Wildman–Crippen MR) is 85.0 cm³/mol. The van der Waals surface area contributed by atoms with Crippen molar-refractivity contribution in [3.63, 3.8) is 0 Å². The molecule has 2 rings (SSSR count). The Morgan fingerprint density at radius 3 is 2.86 bits per heavy atom. The highest BCUT2D eigenvalue weighted by atomic mass is 79.9. The number of nitrogens with one attached hydrogen (secondary N) is 1. The Hall–Kier alpha value is -1.46. The van der Waals surface area contributed by atoms with Crippen molar-refractivity contribution in [2.75, 3.05) is 13.7 Å². The van der Waals surface area contributed by atoms with E-state index in [1.807, 2.05) is 12.1 Å². The first-order chi connectivity index (χ1) is 10.2. The molecule has 1 unspecified atom stereocenters. The second-order valence-corrected chi connectivity index (χ2v) is 5.57. The van der Waals surface area contributed by atoms with Crippen molar-refractivity contribution in [2.45, 2.75) is 19.4 Å². The molecule has 1 atom stereocenters. The molecule has 0 aliphatic carbocycles. The van der Waals surface area contributed by atoms with Crippen molar-refractivity contribution in [1.82, 2.24) is 10.3 Å². The number of pyridine rings is 1. The Balaban J connectivity index is 2.49. The Kier molecular flexibility index (Phi) is 5.70. The van der Waals surface area contributed by atoms with Crippen LogP contribution in [0, 0.1) is 5.82 Å². The summed E-state index contributed by atoms with van der Waals surface area (Å²) in [7, 11) is 1.57. The molecule has 0 amide bonds. The number of methoxy groups -OCH3 is 1. The van der Waals surface area contributed by atoms with Gasteiger partial charge in [0.05, 0.1) is 13.2 Å². The van der Waals surface area contributed by atoms with Gasteiger partial charge in [-0.2, -0.15) is 0 Å². The summed E-state index contributed by atoms with van der Waals surface area (Å²) in [6.07, 6.45) is 2.62. The summed E-state index contributed by atoms with van der Waals surface area (Å²) in [5.41, 5.74) is 1.40. The van der Waals surface area contributed by atoms with Crippen LogP contribution >= 0.6 is 15.9 Å². The lowest BCUT2D eigenvalue weighted by atomic mass is 9.99. The molecular formula is C16H18BrFN2O. The molecule has 3 nitrogen and oxygen atoms in total. The maximum Gasteiger partial charge on any atom is 0.218 e. The van der Waals surface area contributed by atoms with Crippen LogP contribution in [0.4, 0.5) is 4.39 Å². The van der Waals surface area contributed by atoms with E-state index in [0.717, 1.165) is 23.0 Å². The smallest absolute Gasteiger partial charge is 0.218 e. The molecule has 0 aliphatic rings. The predicted octanol–water partition coefficient (Wildman–Crippen LogP) is 4.08. The maximum atomic E-state index is 14.2. The van der Waals surface area contributed by atoms with Crippen molar-refractivity contribution in [3.8, 4) is 5.88 Å². The second-order valence-electron chi connectivity index (χ2n) is 4.65. The lowest BCUT2D eigenvalue weighted by Crippen LogP contribution is -2.25. The largest absolute Gasteiger partial charge is 0.481 e. The van der Waals surface area contributed by atoms with Gasteiger partial charge in [0.25, 0.3) is 0 Å². The van der Waals surface area contributed by atoms with E-state index in [-0.39, 0.29) is 11.9 Å². The van der Waals surface area contributed by atoms with E-state index in [1.165, 1.54) is 6.07 Å². The van der Waals surface area contributed by atoms with E-state index in [2.05, 4.69) is 33.2 Å². The summed E-state index contributed by atoms with van der Waals surface area (Å²) in [6, 6.07) is 8.37. The highest BCUT2D eigenvalue weighted by Gasteiger charge is 2.21. The SMILES string of the molecule is CCCNC(c1cc(Br)ccc1F)c1cccnc1OC. The van der Waals surface area contributed by atoms with Crippen LogP contribution in [0.2, 0.25) is 0 Å².